The third kappa shape index (κ3) is 4.08. The van der Waals surface area contributed by atoms with Crippen LogP contribution in [0.25, 0.3) is 17.0 Å². The van der Waals surface area contributed by atoms with Crippen LogP contribution in [-0.2, 0) is 11.3 Å². The van der Waals surface area contributed by atoms with Crippen LogP contribution in [0.1, 0.15) is 21.5 Å². The minimum atomic E-state index is -1.05. The van der Waals surface area contributed by atoms with Crippen molar-refractivity contribution in [3.8, 4) is 0 Å². The van der Waals surface area contributed by atoms with Gasteiger partial charge in [0, 0.05) is 29.2 Å². The van der Waals surface area contributed by atoms with Crippen LogP contribution in [0.4, 0.5) is 5.69 Å². The molecule has 0 atom stereocenters. The summed E-state index contributed by atoms with van der Waals surface area (Å²) in [6.07, 6.45) is 3.92. The highest BCUT2D eigenvalue weighted by Gasteiger charge is 2.33. The number of carbonyl (C=O) groups excluding carboxylic acids is 1. The van der Waals surface area contributed by atoms with Gasteiger partial charge in [-0.2, -0.15) is 0 Å². The minimum absolute atomic E-state index is 0.106. The molecule has 1 aliphatic heterocycles. The third-order valence-electron chi connectivity index (χ3n) is 5.45. The predicted molar refractivity (Wildman–Crippen MR) is 137 cm³/mol. The van der Waals surface area contributed by atoms with Crippen LogP contribution in [0.2, 0.25) is 0 Å². The number of hydrogen-bond donors (Lipinski definition) is 1. The van der Waals surface area contributed by atoms with Gasteiger partial charge in [-0.15, -0.1) is 0 Å². The number of fused-ring (bicyclic) bond motifs is 1. The average Bonchev–Trinajstić information content (AvgIpc) is 3.31. The molecule has 1 amide bonds. The number of nitrogens with zero attached hydrogens (tertiary/aromatic N) is 2. The minimum Gasteiger partial charge on any atom is -0.478 e. The summed E-state index contributed by atoms with van der Waals surface area (Å²) in [5.74, 6) is -1.31. The van der Waals surface area contributed by atoms with E-state index >= 15 is 0 Å². The Morgan fingerprint density at radius 3 is 2.55 bits per heavy atom. The van der Waals surface area contributed by atoms with Crippen molar-refractivity contribution in [2.45, 2.75) is 6.54 Å². The maximum atomic E-state index is 13.2. The summed E-state index contributed by atoms with van der Waals surface area (Å²) < 4.78 is 2.55. The van der Waals surface area contributed by atoms with Crippen molar-refractivity contribution in [2.75, 3.05) is 4.90 Å². The molecule has 1 saturated heterocycles. The van der Waals surface area contributed by atoms with E-state index in [1.807, 2.05) is 42.5 Å². The molecular weight excluding hydrogens is 452 g/mol. The molecule has 0 saturated carbocycles. The number of thioether (sulfide) groups is 1. The van der Waals surface area contributed by atoms with Crippen LogP contribution in [0.15, 0.2) is 90.0 Å². The first-order valence-electron chi connectivity index (χ1n) is 10.2. The van der Waals surface area contributed by atoms with Gasteiger partial charge in [0.05, 0.1) is 16.2 Å². The predicted octanol–water partition coefficient (Wildman–Crippen LogP) is 5.79. The maximum absolute atomic E-state index is 13.2. The second kappa shape index (κ2) is 8.69. The Balaban J connectivity index is 1.51. The average molecular weight is 471 g/mol. The highest BCUT2D eigenvalue weighted by Crippen LogP contribution is 2.37. The van der Waals surface area contributed by atoms with Gasteiger partial charge < -0.3 is 9.67 Å². The van der Waals surface area contributed by atoms with E-state index in [1.165, 1.54) is 34.4 Å². The number of thiocarbonyl (C=S) groups is 1. The molecule has 0 spiro atoms. The number of para-hydroxylation sites is 1. The number of aromatic nitrogens is 1. The van der Waals surface area contributed by atoms with Gasteiger partial charge in [-0.1, -0.05) is 78.6 Å². The van der Waals surface area contributed by atoms with Gasteiger partial charge in [-0.25, -0.2) is 4.79 Å². The Labute approximate surface area is 199 Å². The van der Waals surface area contributed by atoms with Crippen molar-refractivity contribution in [1.82, 2.24) is 4.57 Å². The van der Waals surface area contributed by atoms with Gasteiger partial charge in [0.25, 0.3) is 5.91 Å². The Kier molecular flexibility index (Phi) is 5.58. The van der Waals surface area contributed by atoms with Gasteiger partial charge in [0.1, 0.15) is 0 Å². The molecule has 1 fully saturated rings. The normalized spacial score (nSPS) is 15.0. The summed E-state index contributed by atoms with van der Waals surface area (Å²) in [6.45, 7) is 0.720. The Bertz CT molecular complexity index is 1440. The monoisotopic (exact) mass is 470 g/mol. The van der Waals surface area contributed by atoms with Crippen LogP contribution in [0, 0.1) is 0 Å². The summed E-state index contributed by atoms with van der Waals surface area (Å²) in [7, 11) is 0. The molecule has 3 aromatic carbocycles. The standard InChI is InChI=1S/C26H18N2O3S2/c29-24-23(33-26(32)28(24)20-10-6-9-18(13-20)25(30)31)14-19-16-27(15-17-7-2-1-3-8-17)22-12-5-4-11-21(19)22/h1-14,16H,15H2,(H,30,31)/b23-14+. The number of aromatic carboxylic acids is 1. The zero-order valence-electron chi connectivity index (χ0n) is 17.3. The van der Waals surface area contributed by atoms with Gasteiger partial charge >= 0.3 is 5.97 Å². The number of carboxylic acid groups (broad SMARTS) is 1. The summed E-state index contributed by atoms with van der Waals surface area (Å²) in [4.78, 5) is 26.5. The number of hydrogen-bond acceptors (Lipinski definition) is 4. The highest BCUT2D eigenvalue weighted by atomic mass is 32.2. The van der Waals surface area contributed by atoms with E-state index in [1.54, 1.807) is 12.1 Å². The van der Waals surface area contributed by atoms with Crippen LogP contribution >= 0.6 is 24.0 Å². The second-order valence-electron chi connectivity index (χ2n) is 7.59. The van der Waals surface area contributed by atoms with Crippen LogP contribution < -0.4 is 4.90 Å². The molecular formula is C26H18N2O3S2. The van der Waals surface area contributed by atoms with E-state index in [0.29, 0.717) is 14.9 Å². The molecule has 0 bridgehead atoms. The molecule has 1 aromatic heterocycles. The summed E-state index contributed by atoms with van der Waals surface area (Å²) in [5, 5.41) is 10.3. The van der Waals surface area contributed by atoms with Gasteiger partial charge in [-0.3, -0.25) is 9.69 Å². The Hall–Kier alpha value is -3.68. The molecule has 7 heteroatoms. The molecule has 162 valence electrons. The van der Waals surface area contributed by atoms with Crippen molar-refractivity contribution < 1.29 is 14.7 Å². The smallest absolute Gasteiger partial charge is 0.335 e. The van der Waals surface area contributed by atoms with Crippen LogP contribution in [-0.4, -0.2) is 25.9 Å². The van der Waals surface area contributed by atoms with Gasteiger partial charge in [-0.05, 0) is 35.9 Å². The van der Waals surface area contributed by atoms with Crippen molar-refractivity contribution in [1.29, 1.82) is 0 Å². The van der Waals surface area contributed by atoms with E-state index < -0.39 is 5.97 Å². The lowest BCUT2D eigenvalue weighted by Gasteiger charge is -2.14. The maximum Gasteiger partial charge on any atom is 0.335 e. The van der Waals surface area contributed by atoms with E-state index in [0.717, 1.165) is 23.0 Å². The third-order valence-corrected chi connectivity index (χ3v) is 6.75. The van der Waals surface area contributed by atoms with Crippen LogP contribution in [0.5, 0.6) is 0 Å². The molecule has 0 unspecified atom stereocenters. The van der Waals surface area contributed by atoms with Crippen molar-refractivity contribution in [3.05, 3.63) is 107 Å². The second-order valence-corrected chi connectivity index (χ2v) is 9.26. The Morgan fingerprint density at radius 2 is 1.76 bits per heavy atom. The first kappa shape index (κ1) is 21.2. The number of anilines is 1. The zero-order chi connectivity index (χ0) is 22.9. The van der Waals surface area contributed by atoms with Crippen molar-refractivity contribution >= 4 is 62.8 Å². The zero-order valence-corrected chi connectivity index (χ0v) is 19.0. The fraction of sp³-hybridized carbons (Fsp3) is 0.0385. The van der Waals surface area contributed by atoms with Crippen molar-refractivity contribution in [2.24, 2.45) is 0 Å². The quantitative estimate of drug-likeness (QED) is 0.295. The molecule has 4 aromatic rings. The van der Waals surface area contributed by atoms with Gasteiger partial charge in [0.2, 0.25) is 0 Å². The number of rotatable bonds is 5. The number of benzene rings is 3. The molecule has 1 aliphatic rings. The fourth-order valence-electron chi connectivity index (χ4n) is 3.91. The number of amides is 1. The SMILES string of the molecule is O=C(O)c1cccc(N2C(=O)/C(=C\c3cn(Cc4ccccc4)c4ccccc34)SC2=S)c1. The molecule has 33 heavy (non-hydrogen) atoms. The lowest BCUT2D eigenvalue weighted by Crippen LogP contribution is -2.27. The van der Waals surface area contributed by atoms with E-state index in [-0.39, 0.29) is 11.5 Å². The fourth-order valence-corrected chi connectivity index (χ4v) is 5.20. The first-order valence-corrected chi connectivity index (χ1v) is 11.5. The number of carboxylic acids is 1. The molecule has 2 heterocycles. The molecule has 0 aliphatic carbocycles. The first-order chi connectivity index (χ1) is 16.0. The topological polar surface area (TPSA) is 62.5 Å². The molecule has 0 radical (unpaired) electrons. The van der Waals surface area contributed by atoms with E-state index in [9.17, 15) is 14.7 Å². The summed E-state index contributed by atoms with van der Waals surface area (Å²) >= 11 is 6.68. The molecule has 1 N–H and O–H groups in total. The lowest BCUT2D eigenvalue weighted by atomic mass is 10.1. The van der Waals surface area contributed by atoms with Crippen molar-refractivity contribution in [3.63, 3.8) is 0 Å². The Morgan fingerprint density at radius 1 is 1.00 bits per heavy atom. The summed E-state index contributed by atoms with van der Waals surface area (Å²) in [6, 6.07) is 24.5. The van der Waals surface area contributed by atoms with Gasteiger partial charge in [0.15, 0.2) is 4.32 Å². The largest absolute Gasteiger partial charge is 0.478 e. The lowest BCUT2D eigenvalue weighted by molar-refractivity contribution is -0.113. The summed E-state index contributed by atoms with van der Waals surface area (Å²) in [5.41, 5.74) is 3.76. The van der Waals surface area contributed by atoms with E-state index in [2.05, 4.69) is 29.0 Å². The van der Waals surface area contributed by atoms with Crippen LogP contribution in [0.3, 0.4) is 0 Å². The molecule has 5 nitrogen and oxygen atoms in total. The number of carbonyl (C=O) groups is 2. The molecule has 5 rings (SSSR count). The highest BCUT2D eigenvalue weighted by molar-refractivity contribution is 8.27. The van der Waals surface area contributed by atoms with E-state index in [4.69, 9.17) is 12.2 Å².